The number of hydrogen-bond acceptors (Lipinski definition) is 4. The lowest BCUT2D eigenvalue weighted by atomic mass is 10.1. The number of aromatic nitrogens is 1. The van der Waals surface area contributed by atoms with E-state index in [1.165, 1.54) is 11.3 Å². The smallest absolute Gasteiger partial charge is 0.264 e. The molecular weight excluding hydrogens is 250 g/mol. The summed E-state index contributed by atoms with van der Waals surface area (Å²) in [5.74, 6) is -0.595. The van der Waals surface area contributed by atoms with Crippen LogP contribution in [0, 0.1) is 6.92 Å². The zero-order valence-corrected chi connectivity index (χ0v) is 12.1. The molecule has 0 fully saturated rings. The molecule has 1 aromatic heterocycles. The van der Waals surface area contributed by atoms with E-state index >= 15 is 0 Å². The van der Waals surface area contributed by atoms with Gasteiger partial charge in [-0.15, -0.1) is 11.3 Å². The molecule has 100 valence electrons. The molecule has 0 saturated carbocycles. The van der Waals surface area contributed by atoms with Crippen LogP contribution in [0.4, 0.5) is 0 Å². The van der Waals surface area contributed by atoms with E-state index < -0.39 is 11.4 Å². The van der Waals surface area contributed by atoms with Crippen molar-refractivity contribution in [1.82, 2.24) is 10.3 Å². The van der Waals surface area contributed by atoms with E-state index in [9.17, 15) is 9.59 Å². The summed E-state index contributed by atoms with van der Waals surface area (Å²) in [6.45, 7) is 8.98. The highest BCUT2D eigenvalue weighted by Crippen LogP contribution is 2.24. The van der Waals surface area contributed by atoms with E-state index in [1.54, 1.807) is 20.8 Å². The van der Waals surface area contributed by atoms with Crippen molar-refractivity contribution in [3.63, 3.8) is 0 Å². The van der Waals surface area contributed by atoms with Crippen LogP contribution in [0.1, 0.15) is 54.0 Å². The Labute approximate surface area is 111 Å². The SMILES string of the molecule is Cc1nc(C(C)C)sc1C(=O)NC(C)(C)C(N)=O. The summed E-state index contributed by atoms with van der Waals surface area (Å²) in [7, 11) is 0. The van der Waals surface area contributed by atoms with Crippen molar-refractivity contribution in [2.45, 2.75) is 46.1 Å². The fourth-order valence-electron chi connectivity index (χ4n) is 1.28. The number of hydrogen-bond donors (Lipinski definition) is 2. The molecule has 2 amide bonds. The standard InChI is InChI=1S/C12H19N3O2S/c1-6(2)10-14-7(3)8(18-10)9(16)15-12(4,5)11(13)17/h6H,1-5H3,(H2,13,17)(H,15,16). The van der Waals surface area contributed by atoms with Crippen LogP contribution in [-0.4, -0.2) is 22.3 Å². The Bertz CT molecular complexity index is 478. The minimum atomic E-state index is -1.06. The first-order chi connectivity index (χ1) is 8.15. The second-order valence-electron chi connectivity index (χ2n) is 5.06. The summed E-state index contributed by atoms with van der Waals surface area (Å²) in [4.78, 5) is 28.1. The maximum Gasteiger partial charge on any atom is 0.264 e. The summed E-state index contributed by atoms with van der Waals surface area (Å²) in [5, 5.41) is 3.53. The number of rotatable bonds is 4. The Morgan fingerprint density at radius 1 is 1.39 bits per heavy atom. The van der Waals surface area contributed by atoms with Crippen molar-refractivity contribution in [2.75, 3.05) is 0 Å². The number of nitrogens with one attached hydrogen (secondary N) is 1. The molecule has 0 bridgehead atoms. The lowest BCUT2D eigenvalue weighted by Crippen LogP contribution is -2.52. The zero-order valence-electron chi connectivity index (χ0n) is 11.3. The average Bonchev–Trinajstić information content (AvgIpc) is 2.59. The van der Waals surface area contributed by atoms with Crippen molar-refractivity contribution < 1.29 is 9.59 Å². The van der Waals surface area contributed by atoms with E-state index in [0.717, 1.165) is 5.01 Å². The molecule has 0 unspecified atom stereocenters. The molecule has 3 N–H and O–H groups in total. The molecule has 0 spiro atoms. The van der Waals surface area contributed by atoms with Gasteiger partial charge in [-0.25, -0.2) is 4.98 Å². The first-order valence-electron chi connectivity index (χ1n) is 5.75. The van der Waals surface area contributed by atoms with Gasteiger partial charge in [0.25, 0.3) is 5.91 Å². The summed E-state index contributed by atoms with van der Waals surface area (Å²) in [6.07, 6.45) is 0. The van der Waals surface area contributed by atoms with E-state index in [1.807, 2.05) is 13.8 Å². The largest absolute Gasteiger partial charge is 0.368 e. The molecule has 18 heavy (non-hydrogen) atoms. The van der Waals surface area contributed by atoms with Crippen LogP contribution in [0.3, 0.4) is 0 Å². The van der Waals surface area contributed by atoms with Gasteiger partial charge >= 0.3 is 0 Å². The van der Waals surface area contributed by atoms with Gasteiger partial charge in [-0.3, -0.25) is 9.59 Å². The predicted octanol–water partition coefficient (Wildman–Crippen LogP) is 1.57. The van der Waals surface area contributed by atoms with Gasteiger partial charge < -0.3 is 11.1 Å². The number of nitrogens with zero attached hydrogens (tertiary/aromatic N) is 1. The highest BCUT2D eigenvalue weighted by molar-refractivity contribution is 7.13. The van der Waals surface area contributed by atoms with Gasteiger partial charge in [0, 0.05) is 5.92 Å². The van der Waals surface area contributed by atoms with Gasteiger partial charge in [0.2, 0.25) is 5.91 Å². The van der Waals surface area contributed by atoms with E-state index in [-0.39, 0.29) is 11.8 Å². The summed E-state index contributed by atoms with van der Waals surface area (Å²) in [6, 6.07) is 0. The Kier molecular flexibility index (Phi) is 4.11. The van der Waals surface area contributed by atoms with E-state index in [0.29, 0.717) is 10.6 Å². The maximum atomic E-state index is 12.1. The lowest BCUT2D eigenvalue weighted by molar-refractivity contribution is -0.122. The summed E-state index contributed by atoms with van der Waals surface area (Å²) >= 11 is 1.35. The monoisotopic (exact) mass is 269 g/mol. The molecule has 5 nitrogen and oxygen atoms in total. The third-order valence-corrected chi connectivity index (χ3v) is 4.01. The number of primary amides is 1. The Morgan fingerprint density at radius 3 is 2.33 bits per heavy atom. The molecule has 0 radical (unpaired) electrons. The summed E-state index contributed by atoms with van der Waals surface area (Å²) in [5.41, 5.74) is 4.84. The van der Waals surface area contributed by atoms with Crippen LogP contribution < -0.4 is 11.1 Å². The van der Waals surface area contributed by atoms with Gasteiger partial charge in [0.05, 0.1) is 10.7 Å². The van der Waals surface area contributed by atoms with Gasteiger partial charge in [0.1, 0.15) is 10.4 Å². The fourth-order valence-corrected chi connectivity index (χ4v) is 2.24. The molecular formula is C12H19N3O2S. The maximum absolute atomic E-state index is 12.1. The van der Waals surface area contributed by atoms with E-state index in [2.05, 4.69) is 10.3 Å². The number of thiazole rings is 1. The van der Waals surface area contributed by atoms with Gasteiger partial charge in [-0.05, 0) is 20.8 Å². The molecule has 1 aromatic rings. The Hall–Kier alpha value is -1.43. The molecule has 1 heterocycles. The Morgan fingerprint density at radius 2 is 1.94 bits per heavy atom. The van der Waals surface area contributed by atoms with Gasteiger partial charge in [-0.2, -0.15) is 0 Å². The minimum Gasteiger partial charge on any atom is -0.368 e. The van der Waals surface area contributed by atoms with Crippen LogP contribution in [0.15, 0.2) is 0 Å². The average molecular weight is 269 g/mol. The van der Waals surface area contributed by atoms with Crippen LogP contribution in [0.25, 0.3) is 0 Å². The summed E-state index contributed by atoms with van der Waals surface area (Å²) < 4.78 is 0. The topological polar surface area (TPSA) is 85.1 Å². The number of nitrogens with two attached hydrogens (primary N) is 1. The van der Waals surface area contributed by atoms with Crippen molar-refractivity contribution in [2.24, 2.45) is 5.73 Å². The van der Waals surface area contributed by atoms with Crippen molar-refractivity contribution in [1.29, 1.82) is 0 Å². The first kappa shape index (κ1) is 14.6. The number of carbonyl (C=O) groups is 2. The van der Waals surface area contributed by atoms with Crippen LogP contribution >= 0.6 is 11.3 Å². The lowest BCUT2D eigenvalue weighted by Gasteiger charge is -2.21. The molecule has 0 atom stereocenters. The number of amides is 2. The van der Waals surface area contributed by atoms with Crippen LogP contribution in [0.5, 0.6) is 0 Å². The van der Waals surface area contributed by atoms with Crippen LogP contribution in [-0.2, 0) is 4.79 Å². The van der Waals surface area contributed by atoms with Crippen molar-refractivity contribution >= 4 is 23.2 Å². The first-order valence-corrected chi connectivity index (χ1v) is 6.56. The normalized spacial score (nSPS) is 11.7. The second kappa shape index (κ2) is 5.06. The molecule has 6 heteroatoms. The van der Waals surface area contributed by atoms with Gasteiger partial charge in [0.15, 0.2) is 0 Å². The third kappa shape index (κ3) is 3.07. The molecule has 0 saturated heterocycles. The van der Waals surface area contributed by atoms with E-state index in [4.69, 9.17) is 5.73 Å². The number of carbonyl (C=O) groups excluding carboxylic acids is 2. The van der Waals surface area contributed by atoms with Gasteiger partial charge in [-0.1, -0.05) is 13.8 Å². The predicted molar refractivity (Wildman–Crippen MR) is 71.7 cm³/mol. The molecule has 0 aromatic carbocycles. The van der Waals surface area contributed by atoms with Crippen molar-refractivity contribution in [3.05, 3.63) is 15.6 Å². The third-order valence-electron chi connectivity index (χ3n) is 2.56. The molecule has 1 rings (SSSR count). The van der Waals surface area contributed by atoms with Crippen molar-refractivity contribution in [3.8, 4) is 0 Å². The molecule has 0 aliphatic heterocycles. The minimum absolute atomic E-state index is 0.277. The molecule has 0 aliphatic carbocycles. The van der Waals surface area contributed by atoms with Crippen LogP contribution in [0.2, 0.25) is 0 Å². The highest BCUT2D eigenvalue weighted by Gasteiger charge is 2.29. The zero-order chi connectivity index (χ0) is 14.1. The fraction of sp³-hybridized carbons (Fsp3) is 0.583. The molecule has 0 aliphatic rings. The Balaban J connectivity index is 2.95. The quantitative estimate of drug-likeness (QED) is 0.870. The highest BCUT2D eigenvalue weighted by atomic mass is 32.1. The number of aryl methyl sites for hydroxylation is 1. The second-order valence-corrected chi connectivity index (χ2v) is 6.10.